The molecule has 1 fully saturated rings. The van der Waals surface area contributed by atoms with Crippen molar-refractivity contribution in [3.63, 3.8) is 0 Å². The molecular formula is C16H17F4N3O. The van der Waals surface area contributed by atoms with Gasteiger partial charge < -0.3 is 14.5 Å². The summed E-state index contributed by atoms with van der Waals surface area (Å²) in [6.07, 6.45) is -1.84. The number of alkyl halides is 3. The third-order valence-corrected chi connectivity index (χ3v) is 4.01. The number of halogens is 4. The first-order valence-corrected chi connectivity index (χ1v) is 7.55. The van der Waals surface area contributed by atoms with Crippen LogP contribution in [0.1, 0.15) is 17.5 Å². The maximum atomic E-state index is 13.6. The van der Waals surface area contributed by atoms with Crippen LogP contribution in [-0.2, 0) is 17.5 Å². The monoisotopic (exact) mass is 343 g/mol. The van der Waals surface area contributed by atoms with Gasteiger partial charge in [-0.1, -0.05) is 6.07 Å². The summed E-state index contributed by atoms with van der Waals surface area (Å²) in [5, 5.41) is 0. The van der Waals surface area contributed by atoms with Gasteiger partial charge in [0, 0.05) is 26.2 Å². The van der Waals surface area contributed by atoms with Gasteiger partial charge in [0.15, 0.2) is 0 Å². The van der Waals surface area contributed by atoms with E-state index in [1.165, 1.54) is 6.07 Å². The molecule has 3 rings (SSSR count). The van der Waals surface area contributed by atoms with E-state index in [1.54, 1.807) is 6.08 Å². The van der Waals surface area contributed by atoms with E-state index in [1.807, 2.05) is 7.05 Å². The first-order chi connectivity index (χ1) is 11.3. The average molecular weight is 343 g/mol. The second kappa shape index (κ2) is 6.33. The summed E-state index contributed by atoms with van der Waals surface area (Å²) in [6.45, 7) is 2.31. The van der Waals surface area contributed by atoms with E-state index in [2.05, 4.69) is 14.8 Å². The first-order valence-electron chi connectivity index (χ1n) is 7.55. The lowest BCUT2D eigenvalue weighted by molar-refractivity contribution is -0.140. The Balaban J connectivity index is 1.66. The standard InChI is InChI=1S/C16H17F4N3O/c1-22-5-2-6-23-10-21-14(8-15(22)23)24-9-11-3-4-12(13(17)7-11)16(18,19)20/h3-4,7-8H,2,5-6,9-10H2,1H3. The second-order valence-electron chi connectivity index (χ2n) is 5.78. The van der Waals surface area contributed by atoms with Gasteiger partial charge in [-0.05, 0) is 24.1 Å². The van der Waals surface area contributed by atoms with E-state index in [0.717, 1.165) is 37.5 Å². The summed E-state index contributed by atoms with van der Waals surface area (Å²) < 4.78 is 56.7. The predicted octanol–water partition coefficient (Wildman–Crippen LogP) is 3.21. The van der Waals surface area contributed by atoms with Crippen molar-refractivity contribution in [3.05, 3.63) is 47.0 Å². The zero-order valence-electron chi connectivity index (χ0n) is 13.1. The van der Waals surface area contributed by atoms with Gasteiger partial charge in [0.2, 0.25) is 5.90 Å². The zero-order valence-corrected chi connectivity index (χ0v) is 13.1. The molecule has 24 heavy (non-hydrogen) atoms. The summed E-state index contributed by atoms with van der Waals surface area (Å²) >= 11 is 0. The highest BCUT2D eigenvalue weighted by Gasteiger charge is 2.33. The van der Waals surface area contributed by atoms with E-state index >= 15 is 0 Å². The lowest BCUT2D eigenvalue weighted by Crippen LogP contribution is -2.42. The molecule has 2 heterocycles. The number of ether oxygens (including phenoxy) is 1. The Kier molecular flexibility index (Phi) is 4.38. The quantitative estimate of drug-likeness (QED) is 0.772. The van der Waals surface area contributed by atoms with Crippen molar-refractivity contribution in [2.24, 2.45) is 4.99 Å². The third-order valence-electron chi connectivity index (χ3n) is 4.01. The molecule has 1 saturated heterocycles. The molecule has 130 valence electrons. The minimum absolute atomic E-state index is 0.0403. The third kappa shape index (κ3) is 3.47. The Hall–Kier alpha value is -2.25. The molecule has 2 aliphatic heterocycles. The fraction of sp³-hybridized carbons (Fsp3) is 0.438. The Bertz CT molecular complexity index is 684. The van der Waals surface area contributed by atoms with Gasteiger partial charge >= 0.3 is 6.18 Å². The number of nitrogens with zero attached hydrogens (tertiary/aromatic N) is 3. The molecule has 0 atom stereocenters. The summed E-state index contributed by atoms with van der Waals surface area (Å²) in [6, 6.07) is 2.78. The lowest BCUT2D eigenvalue weighted by Gasteiger charge is -2.39. The number of hydrogen-bond acceptors (Lipinski definition) is 4. The van der Waals surface area contributed by atoms with Crippen molar-refractivity contribution in [1.29, 1.82) is 0 Å². The Labute approximate surface area is 137 Å². The van der Waals surface area contributed by atoms with Crippen LogP contribution in [0.2, 0.25) is 0 Å². The number of aliphatic imine (C=N–C) groups is 1. The fourth-order valence-corrected chi connectivity index (χ4v) is 2.75. The molecule has 0 spiro atoms. The van der Waals surface area contributed by atoms with E-state index < -0.39 is 17.6 Å². The van der Waals surface area contributed by atoms with E-state index in [9.17, 15) is 17.6 Å². The van der Waals surface area contributed by atoms with Crippen molar-refractivity contribution in [2.45, 2.75) is 19.2 Å². The van der Waals surface area contributed by atoms with Crippen LogP contribution in [0.4, 0.5) is 17.6 Å². The molecule has 4 nitrogen and oxygen atoms in total. The molecular weight excluding hydrogens is 326 g/mol. The molecule has 0 N–H and O–H groups in total. The van der Waals surface area contributed by atoms with Crippen LogP contribution in [0.3, 0.4) is 0 Å². The van der Waals surface area contributed by atoms with Crippen LogP contribution in [-0.4, -0.2) is 42.5 Å². The summed E-state index contributed by atoms with van der Waals surface area (Å²) in [5.74, 6) is 0.103. The van der Waals surface area contributed by atoms with Crippen LogP contribution in [0, 0.1) is 5.82 Å². The largest absolute Gasteiger partial charge is 0.473 e. The van der Waals surface area contributed by atoms with Crippen molar-refractivity contribution in [2.75, 3.05) is 26.8 Å². The molecule has 0 bridgehead atoms. The van der Waals surface area contributed by atoms with Crippen LogP contribution in [0.25, 0.3) is 0 Å². The number of rotatable bonds is 2. The highest BCUT2D eigenvalue weighted by Crippen LogP contribution is 2.31. The normalized spacial score (nSPS) is 18.0. The zero-order chi connectivity index (χ0) is 17.3. The van der Waals surface area contributed by atoms with Crippen LogP contribution in [0.15, 0.2) is 35.1 Å². The highest BCUT2D eigenvalue weighted by atomic mass is 19.4. The molecule has 2 aliphatic rings. The maximum absolute atomic E-state index is 13.6. The summed E-state index contributed by atoms with van der Waals surface area (Å²) in [7, 11) is 1.98. The molecule has 8 heteroatoms. The Morgan fingerprint density at radius 3 is 2.75 bits per heavy atom. The maximum Gasteiger partial charge on any atom is 0.419 e. The Morgan fingerprint density at radius 1 is 1.25 bits per heavy atom. The smallest absolute Gasteiger partial charge is 0.419 e. The van der Waals surface area contributed by atoms with Gasteiger partial charge in [0.05, 0.1) is 5.56 Å². The van der Waals surface area contributed by atoms with E-state index in [4.69, 9.17) is 4.74 Å². The van der Waals surface area contributed by atoms with Crippen LogP contribution < -0.4 is 0 Å². The van der Waals surface area contributed by atoms with Gasteiger partial charge in [-0.3, -0.25) is 0 Å². The SMILES string of the molecule is CN1CCCN2CN=C(OCc3ccc(C(F)(F)F)c(F)c3)C=C12. The number of benzene rings is 1. The molecule has 0 aromatic heterocycles. The minimum Gasteiger partial charge on any atom is -0.473 e. The average Bonchev–Trinajstić information content (AvgIpc) is 2.52. The van der Waals surface area contributed by atoms with Crippen molar-refractivity contribution >= 4 is 5.90 Å². The lowest BCUT2D eigenvalue weighted by atomic mass is 10.1. The van der Waals surface area contributed by atoms with Gasteiger partial charge in [0.25, 0.3) is 0 Å². The predicted molar refractivity (Wildman–Crippen MR) is 80.5 cm³/mol. The molecule has 0 radical (unpaired) electrons. The first kappa shape index (κ1) is 16.6. The molecule has 0 saturated carbocycles. The van der Waals surface area contributed by atoms with E-state index in [-0.39, 0.29) is 6.61 Å². The van der Waals surface area contributed by atoms with Crippen LogP contribution >= 0.6 is 0 Å². The summed E-state index contributed by atoms with van der Waals surface area (Å²) in [5.41, 5.74) is -0.955. The number of fused-ring (bicyclic) bond motifs is 1. The highest BCUT2D eigenvalue weighted by molar-refractivity contribution is 5.88. The topological polar surface area (TPSA) is 28.1 Å². The minimum atomic E-state index is -4.70. The van der Waals surface area contributed by atoms with Crippen molar-refractivity contribution in [3.8, 4) is 0 Å². The molecule has 1 aromatic rings. The second-order valence-corrected chi connectivity index (χ2v) is 5.78. The molecule has 0 aliphatic carbocycles. The molecule has 1 aromatic carbocycles. The molecule has 0 unspecified atom stereocenters. The van der Waals surface area contributed by atoms with Gasteiger partial charge in [-0.25, -0.2) is 9.38 Å². The number of hydrogen-bond donors (Lipinski definition) is 0. The van der Waals surface area contributed by atoms with E-state index in [0.29, 0.717) is 18.1 Å². The molecule has 0 amide bonds. The van der Waals surface area contributed by atoms with Crippen molar-refractivity contribution < 1.29 is 22.3 Å². The summed E-state index contributed by atoms with van der Waals surface area (Å²) in [4.78, 5) is 8.50. The van der Waals surface area contributed by atoms with Crippen LogP contribution in [0.5, 0.6) is 0 Å². The van der Waals surface area contributed by atoms with Crippen molar-refractivity contribution in [1.82, 2.24) is 9.80 Å². The van der Waals surface area contributed by atoms with Gasteiger partial charge in [0.1, 0.15) is 24.9 Å². The van der Waals surface area contributed by atoms with Gasteiger partial charge in [-0.15, -0.1) is 0 Å². The van der Waals surface area contributed by atoms with Gasteiger partial charge in [-0.2, -0.15) is 13.2 Å². The Morgan fingerprint density at radius 2 is 2.04 bits per heavy atom. The fourth-order valence-electron chi connectivity index (χ4n) is 2.75.